The van der Waals surface area contributed by atoms with E-state index in [0.717, 1.165) is 18.4 Å². The van der Waals surface area contributed by atoms with E-state index in [1.807, 2.05) is 6.92 Å². The SMILES string of the molecule is [B]C([B])([B])Oc1ncc(C)cc1Nc1cc(NC)n2ncc(C(=O)NC3CC3)c2n1. The normalized spacial score (nSPS) is 13.8. The Morgan fingerprint density at radius 1 is 1.27 bits per heavy atom. The van der Waals surface area contributed by atoms with Crippen molar-refractivity contribution in [2.45, 2.75) is 31.1 Å². The van der Waals surface area contributed by atoms with Crippen LogP contribution in [-0.4, -0.2) is 67.4 Å². The van der Waals surface area contributed by atoms with Crippen molar-refractivity contribution in [2.24, 2.45) is 0 Å². The summed E-state index contributed by atoms with van der Waals surface area (Å²) in [6.07, 6.45) is 5.07. The van der Waals surface area contributed by atoms with Crippen LogP contribution in [0.2, 0.25) is 0 Å². The van der Waals surface area contributed by atoms with Gasteiger partial charge in [0.25, 0.3) is 5.91 Å². The number of aryl methyl sites for hydroxylation is 1. The Bertz CT molecular complexity index is 1110. The molecular formula is C18H18B3N7O2. The fraction of sp³-hybridized carbons (Fsp3) is 0.333. The van der Waals surface area contributed by atoms with Crippen LogP contribution in [-0.2, 0) is 0 Å². The van der Waals surface area contributed by atoms with E-state index < -0.39 is 5.30 Å². The van der Waals surface area contributed by atoms with Gasteiger partial charge in [-0.25, -0.2) is 9.97 Å². The number of aromatic nitrogens is 4. The fourth-order valence-corrected chi connectivity index (χ4v) is 2.89. The molecule has 30 heavy (non-hydrogen) atoms. The second kappa shape index (κ2) is 7.58. The third-order valence-electron chi connectivity index (χ3n) is 4.41. The predicted molar refractivity (Wildman–Crippen MR) is 116 cm³/mol. The van der Waals surface area contributed by atoms with Crippen LogP contribution in [0.4, 0.5) is 17.3 Å². The van der Waals surface area contributed by atoms with E-state index in [-0.39, 0.29) is 17.8 Å². The lowest BCUT2D eigenvalue weighted by molar-refractivity contribution is 0.0952. The standard InChI is InChI=1S/C18H18B3N7O2/c1-9-5-12(17(23-7-9)30-18(19,20)21)26-13-6-14(22-2)28-15(27-13)11(8-24-28)16(29)25-10-3-4-10/h5-8,10,22H,3-4H2,1-2H3,(H,25,29)(H,26,27). The smallest absolute Gasteiger partial charge is 0.256 e. The first-order chi connectivity index (χ1) is 14.2. The average molecular weight is 397 g/mol. The zero-order chi connectivity index (χ0) is 21.5. The van der Waals surface area contributed by atoms with Crippen molar-refractivity contribution < 1.29 is 9.53 Å². The van der Waals surface area contributed by atoms with Crippen molar-refractivity contribution in [1.29, 1.82) is 0 Å². The maximum absolute atomic E-state index is 12.6. The molecule has 1 aliphatic carbocycles. The van der Waals surface area contributed by atoms with E-state index in [4.69, 9.17) is 28.3 Å². The van der Waals surface area contributed by atoms with Gasteiger partial charge >= 0.3 is 0 Å². The molecule has 3 aromatic rings. The summed E-state index contributed by atoms with van der Waals surface area (Å²) in [5.74, 6) is 0.962. The molecule has 4 rings (SSSR count). The fourth-order valence-electron chi connectivity index (χ4n) is 2.89. The van der Waals surface area contributed by atoms with E-state index in [1.54, 1.807) is 29.9 Å². The van der Waals surface area contributed by atoms with Crippen LogP contribution in [0.3, 0.4) is 0 Å². The molecule has 0 bridgehead atoms. The zero-order valence-corrected chi connectivity index (χ0v) is 16.6. The molecule has 0 unspecified atom stereocenters. The lowest BCUT2D eigenvalue weighted by atomic mass is 9.52. The van der Waals surface area contributed by atoms with Crippen molar-refractivity contribution in [2.75, 3.05) is 17.7 Å². The molecule has 1 saturated carbocycles. The number of ether oxygens (including phenoxy) is 1. The molecule has 146 valence electrons. The molecule has 0 atom stereocenters. The number of anilines is 3. The summed E-state index contributed by atoms with van der Waals surface area (Å²) < 4.78 is 6.90. The van der Waals surface area contributed by atoms with Gasteiger partial charge in [0.1, 0.15) is 46.4 Å². The molecule has 0 spiro atoms. The molecule has 3 heterocycles. The summed E-state index contributed by atoms with van der Waals surface area (Å²) in [6.45, 7) is 1.87. The van der Waals surface area contributed by atoms with Crippen molar-refractivity contribution in [3.05, 3.63) is 35.7 Å². The molecular weight excluding hydrogens is 379 g/mol. The minimum Gasteiger partial charge on any atom is -0.499 e. The highest BCUT2D eigenvalue weighted by Crippen LogP contribution is 2.29. The largest absolute Gasteiger partial charge is 0.499 e. The van der Waals surface area contributed by atoms with E-state index in [2.05, 4.69) is 31.0 Å². The molecule has 9 nitrogen and oxygen atoms in total. The summed E-state index contributed by atoms with van der Waals surface area (Å²) in [5, 5.41) is 11.5. The number of rotatable bonds is 7. The molecule has 1 amide bonds. The third kappa shape index (κ3) is 4.37. The van der Waals surface area contributed by atoms with Gasteiger partial charge in [-0.1, -0.05) is 0 Å². The molecule has 1 aliphatic rings. The summed E-state index contributed by atoms with van der Waals surface area (Å²) in [5.41, 5.74) is 2.11. The minimum absolute atomic E-state index is 0.112. The Kier molecular flexibility index (Phi) is 5.09. The highest BCUT2D eigenvalue weighted by molar-refractivity contribution is 6.58. The van der Waals surface area contributed by atoms with Gasteiger partial charge in [-0.15, -0.1) is 0 Å². The zero-order valence-electron chi connectivity index (χ0n) is 16.6. The predicted octanol–water partition coefficient (Wildman–Crippen LogP) is 0.606. The maximum atomic E-state index is 12.6. The van der Waals surface area contributed by atoms with Crippen LogP contribution in [0, 0.1) is 6.92 Å². The molecule has 1 fully saturated rings. The van der Waals surface area contributed by atoms with Gasteiger partial charge in [0.2, 0.25) is 5.88 Å². The lowest BCUT2D eigenvalue weighted by Crippen LogP contribution is -2.38. The Morgan fingerprint density at radius 3 is 2.70 bits per heavy atom. The first-order valence-electron chi connectivity index (χ1n) is 9.40. The monoisotopic (exact) mass is 397 g/mol. The Labute approximate surface area is 177 Å². The Balaban J connectivity index is 1.72. The first kappa shape index (κ1) is 20.1. The summed E-state index contributed by atoms with van der Waals surface area (Å²) in [6, 6.07) is 3.74. The van der Waals surface area contributed by atoms with Crippen LogP contribution in [0.1, 0.15) is 28.8 Å². The highest BCUT2D eigenvalue weighted by atomic mass is 16.5. The number of hydrogen-bond acceptors (Lipinski definition) is 7. The van der Waals surface area contributed by atoms with Crippen molar-refractivity contribution in [1.82, 2.24) is 24.9 Å². The van der Waals surface area contributed by atoms with Crippen molar-refractivity contribution in [3.8, 4) is 5.88 Å². The van der Waals surface area contributed by atoms with Gasteiger partial charge in [0.05, 0.1) is 6.20 Å². The van der Waals surface area contributed by atoms with Crippen LogP contribution < -0.4 is 20.7 Å². The Morgan fingerprint density at radius 2 is 2.03 bits per heavy atom. The number of carbonyl (C=O) groups is 1. The van der Waals surface area contributed by atoms with Gasteiger partial charge in [0, 0.05) is 25.4 Å². The number of nitrogens with one attached hydrogen (secondary N) is 3. The molecule has 0 saturated heterocycles. The van der Waals surface area contributed by atoms with E-state index in [1.165, 1.54) is 6.20 Å². The van der Waals surface area contributed by atoms with Gasteiger partial charge in [-0.05, 0) is 36.7 Å². The molecule has 0 aromatic carbocycles. The van der Waals surface area contributed by atoms with E-state index >= 15 is 0 Å². The molecule has 12 heteroatoms. The number of fused-ring (bicyclic) bond motifs is 1. The number of pyridine rings is 1. The van der Waals surface area contributed by atoms with Crippen molar-refractivity contribution >= 4 is 52.4 Å². The molecule has 6 radical (unpaired) electrons. The van der Waals surface area contributed by atoms with Crippen molar-refractivity contribution in [3.63, 3.8) is 0 Å². The minimum atomic E-state index is -1.90. The van der Waals surface area contributed by atoms with Gasteiger partial charge in [-0.3, -0.25) is 4.79 Å². The quantitative estimate of drug-likeness (QED) is 0.502. The number of amides is 1. The van der Waals surface area contributed by atoms with Gasteiger partial charge in [0.15, 0.2) is 5.65 Å². The highest BCUT2D eigenvalue weighted by Gasteiger charge is 2.26. The second-order valence-corrected chi connectivity index (χ2v) is 7.26. The van der Waals surface area contributed by atoms with Crippen LogP contribution >= 0.6 is 0 Å². The number of nitrogens with zero attached hydrogens (tertiary/aromatic N) is 4. The summed E-state index contributed by atoms with van der Waals surface area (Å²) in [4.78, 5) is 21.3. The third-order valence-corrected chi connectivity index (χ3v) is 4.41. The Hall–Kier alpha value is -3.17. The van der Waals surface area contributed by atoms with Gasteiger partial charge < -0.3 is 20.7 Å². The summed E-state index contributed by atoms with van der Waals surface area (Å²) >= 11 is 0. The van der Waals surface area contributed by atoms with Crippen LogP contribution in [0.5, 0.6) is 5.88 Å². The van der Waals surface area contributed by atoms with E-state index in [9.17, 15) is 4.79 Å². The van der Waals surface area contributed by atoms with Crippen LogP contribution in [0.15, 0.2) is 24.5 Å². The lowest BCUT2D eigenvalue weighted by Gasteiger charge is -2.24. The topological polar surface area (TPSA) is 105 Å². The van der Waals surface area contributed by atoms with Crippen LogP contribution in [0.25, 0.3) is 5.65 Å². The van der Waals surface area contributed by atoms with E-state index in [0.29, 0.717) is 28.5 Å². The summed E-state index contributed by atoms with van der Waals surface area (Å²) in [7, 11) is 18.4. The molecule has 3 N–H and O–H groups in total. The van der Waals surface area contributed by atoms with Gasteiger partial charge in [-0.2, -0.15) is 9.61 Å². The molecule has 0 aliphatic heterocycles. The average Bonchev–Trinajstić information content (AvgIpc) is 3.37. The second-order valence-electron chi connectivity index (χ2n) is 7.26. The maximum Gasteiger partial charge on any atom is 0.256 e. The number of hydrogen-bond donors (Lipinski definition) is 3. The first-order valence-corrected chi connectivity index (χ1v) is 9.40. The number of carbonyl (C=O) groups excluding carboxylic acids is 1. The molecule has 3 aromatic heterocycles.